The van der Waals surface area contributed by atoms with Crippen molar-refractivity contribution in [2.45, 2.75) is 6.42 Å². The molecule has 100 valence electrons. The van der Waals surface area contributed by atoms with Crippen LogP contribution in [-0.4, -0.2) is 11.5 Å². The minimum atomic E-state index is -1.01. The topological polar surface area (TPSA) is 38.0 Å². The zero-order chi connectivity index (χ0) is 13.8. The molecule has 0 amide bonds. The molecule has 2 rings (SSSR count). The van der Waals surface area contributed by atoms with E-state index in [4.69, 9.17) is 5.73 Å². The Morgan fingerprint density at radius 3 is 2.68 bits per heavy atom. The number of anilines is 1. The van der Waals surface area contributed by atoms with E-state index in [1.165, 1.54) is 12.1 Å². The van der Waals surface area contributed by atoms with Gasteiger partial charge < -0.3 is 11.1 Å². The normalized spacial score (nSPS) is 10.4. The average Bonchev–Trinajstić information content (AvgIpc) is 2.87. The van der Waals surface area contributed by atoms with E-state index in [1.807, 2.05) is 16.8 Å². The smallest absolute Gasteiger partial charge is 0.182 e. The molecule has 0 aliphatic rings. The standard InChI is InChI=1S/C13H12F2N2S2/c14-11-9(13(16)18)1-2-10(12(11)15)17-5-3-8-4-6-19-7-8/h1-2,4,6-7,17H,3,5H2,(H2,16,18). The lowest BCUT2D eigenvalue weighted by atomic mass is 10.1. The Labute approximate surface area is 119 Å². The van der Waals surface area contributed by atoms with Crippen LogP contribution in [0.1, 0.15) is 11.1 Å². The molecule has 0 fully saturated rings. The third-order valence-electron chi connectivity index (χ3n) is 2.66. The van der Waals surface area contributed by atoms with Gasteiger partial charge in [0, 0.05) is 12.1 Å². The van der Waals surface area contributed by atoms with E-state index in [9.17, 15) is 8.78 Å². The summed E-state index contributed by atoms with van der Waals surface area (Å²) in [7, 11) is 0. The number of benzene rings is 1. The van der Waals surface area contributed by atoms with E-state index in [1.54, 1.807) is 11.3 Å². The average molecular weight is 298 g/mol. The molecule has 0 bridgehead atoms. The van der Waals surface area contributed by atoms with Crippen LogP contribution in [0.5, 0.6) is 0 Å². The summed E-state index contributed by atoms with van der Waals surface area (Å²) in [4.78, 5) is -0.152. The Hall–Kier alpha value is -1.53. The number of thiocarbonyl (C=S) groups is 1. The molecule has 6 heteroatoms. The zero-order valence-electron chi connectivity index (χ0n) is 9.95. The Morgan fingerprint density at radius 1 is 1.26 bits per heavy atom. The maximum absolute atomic E-state index is 13.7. The van der Waals surface area contributed by atoms with Crippen molar-refractivity contribution in [3.05, 3.63) is 51.7 Å². The monoisotopic (exact) mass is 298 g/mol. The second-order valence-corrected chi connectivity index (χ2v) is 5.18. The molecule has 1 heterocycles. The predicted molar refractivity (Wildman–Crippen MR) is 78.8 cm³/mol. The summed E-state index contributed by atoms with van der Waals surface area (Å²) in [5, 5.41) is 6.86. The molecule has 1 aromatic carbocycles. The van der Waals surface area contributed by atoms with Crippen molar-refractivity contribution >= 4 is 34.2 Å². The third-order valence-corrected chi connectivity index (χ3v) is 3.61. The van der Waals surface area contributed by atoms with E-state index >= 15 is 0 Å². The molecule has 0 radical (unpaired) electrons. The van der Waals surface area contributed by atoms with Crippen LogP contribution in [0.2, 0.25) is 0 Å². The van der Waals surface area contributed by atoms with Crippen LogP contribution in [-0.2, 0) is 6.42 Å². The molecule has 2 aromatic rings. The van der Waals surface area contributed by atoms with Crippen LogP contribution >= 0.6 is 23.6 Å². The largest absolute Gasteiger partial charge is 0.389 e. The molecule has 0 unspecified atom stereocenters. The summed E-state index contributed by atoms with van der Waals surface area (Å²) in [5.41, 5.74) is 6.51. The first-order valence-corrected chi connectivity index (χ1v) is 6.97. The van der Waals surface area contributed by atoms with Crippen molar-refractivity contribution in [1.29, 1.82) is 0 Å². The van der Waals surface area contributed by atoms with Gasteiger partial charge in [-0.25, -0.2) is 8.78 Å². The lowest BCUT2D eigenvalue weighted by Gasteiger charge is -2.09. The highest BCUT2D eigenvalue weighted by atomic mass is 32.1. The van der Waals surface area contributed by atoms with E-state index in [0.29, 0.717) is 6.54 Å². The van der Waals surface area contributed by atoms with E-state index in [2.05, 4.69) is 17.5 Å². The van der Waals surface area contributed by atoms with Gasteiger partial charge in [0.05, 0.1) is 5.69 Å². The predicted octanol–water partition coefficient (Wildman–Crippen LogP) is 3.32. The van der Waals surface area contributed by atoms with Gasteiger partial charge in [0.1, 0.15) is 4.99 Å². The molecule has 3 N–H and O–H groups in total. The fourth-order valence-corrected chi connectivity index (χ4v) is 2.51. The summed E-state index contributed by atoms with van der Waals surface area (Å²) < 4.78 is 27.4. The van der Waals surface area contributed by atoms with Crippen molar-refractivity contribution in [2.75, 3.05) is 11.9 Å². The lowest BCUT2D eigenvalue weighted by Crippen LogP contribution is -2.14. The van der Waals surface area contributed by atoms with Crippen molar-refractivity contribution in [1.82, 2.24) is 0 Å². The number of nitrogens with one attached hydrogen (secondary N) is 1. The molecule has 19 heavy (non-hydrogen) atoms. The highest BCUT2D eigenvalue weighted by molar-refractivity contribution is 7.80. The molecule has 0 saturated heterocycles. The Morgan fingerprint density at radius 2 is 2.05 bits per heavy atom. The van der Waals surface area contributed by atoms with Gasteiger partial charge in [-0.05, 0) is 40.9 Å². The van der Waals surface area contributed by atoms with E-state index in [0.717, 1.165) is 12.0 Å². The molecular formula is C13H12F2N2S2. The van der Waals surface area contributed by atoms with E-state index < -0.39 is 11.6 Å². The van der Waals surface area contributed by atoms with E-state index in [-0.39, 0.29) is 16.2 Å². The summed E-state index contributed by atoms with van der Waals surface area (Å²) >= 11 is 6.25. The van der Waals surface area contributed by atoms with Crippen LogP contribution in [0.25, 0.3) is 0 Å². The van der Waals surface area contributed by atoms with Gasteiger partial charge in [-0.1, -0.05) is 12.2 Å². The molecule has 0 aliphatic heterocycles. The molecule has 0 spiro atoms. The zero-order valence-corrected chi connectivity index (χ0v) is 11.6. The highest BCUT2D eigenvalue weighted by Crippen LogP contribution is 2.20. The van der Waals surface area contributed by atoms with Crippen LogP contribution in [0, 0.1) is 11.6 Å². The first-order valence-electron chi connectivity index (χ1n) is 5.62. The van der Waals surface area contributed by atoms with Crippen molar-refractivity contribution in [3.8, 4) is 0 Å². The maximum Gasteiger partial charge on any atom is 0.182 e. The fraction of sp³-hybridized carbons (Fsp3) is 0.154. The summed E-state index contributed by atoms with van der Waals surface area (Å²) in [6.07, 6.45) is 0.752. The number of nitrogens with two attached hydrogens (primary N) is 1. The van der Waals surface area contributed by atoms with Crippen LogP contribution < -0.4 is 11.1 Å². The Bertz CT molecular complexity index is 583. The Kier molecular flexibility index (Phi) is 4.44. The maximum atomic E-state index is 13.7. The third kappa shape index (κ3) is 3.27. The van der Waals surface area contributed by atoms with Crippen molar-refractivity contribution in [3.63, 3.8) is 0 Å². The number of hydrogen-bond acceptors (Lipinski definition) is 3. The molecular weight excluding hydrogens is 286 g/mol. The fourth-order valence-electron chi connectivity index (χ4n) is 1.65. The second kappa shape index (κ2) is 6.08. The molecule has 0 atom stereocenters. The number of hydrogen-bond donors (Lipinski definition) is 2. The van der Waals surface area contributed by atoms with Gasteiger partial charge in [-0.2, -0.15) is 11.3 Å². The molecule has 0 saturated carbocycles. The minimum Gasteiger partial charge on any atom is -0.389 e. The van der Waals surface area contributed by atoms with Gasteiger partial charge >= 0.3 is 0 Å². The van der Waals surface area contributed by atoms with Crippen LogP contribution in [0.3, 0.4) is 0 Å². The van der Waals surface area contributed by atoms with Gasteiger partial charge in [0.2, 0.25) is 0 Å². The highest BCUT2D eigenvalue weighted by Gasteiger charge is 2.14. The van der Waals surface area contributed by atoms with Gasteiger partial charge in [-0.3, -0.25) is 0 Å². The number of rotatable bonds is 5. The van der Waals surface area contributed by atoms with Gasteiger partial charge in [-0.15, -0.1) is 0 Å². The summed E-state index contributed by atoms with van der Waals surface area (Å²) in [5.74, 6) is -1.95. The van der Waals surface area contributed by atoms with Crippen LogP contribution in [0.4, 0.5) is 14.5 Å². The van der Waals surface area contributed by atoms with Crippen LogP contribution in [0.15, 0.2) is 29.0 Å². The quantitative estimate of drug-likeness (QED) is 0.832. The van der Waals surface area contributed by atoms with Gasteiger partial charge in [0.15, 0.2) is 11.6 Å². The lowest BCUT2D eigenvalue weighted by molar-refractivity contribution is 0.509. The first kappa shape index (κ1) is 13.9. The minimum absolute atomic E-state index is 0.0733. The number of thiophene rings is 1. The summed E-state index contributed by atoms with van der Waals surface area (Å²) in [6.45, 7) is 0.527. The summed E-state index contributed by atoms with van der Waals surface area (Å²) in [6, 6.07) is 4.83. The first-order chi connectivity index (χ1) is 9.09. The van der Waals surface area contributed by atoms with Gasteiger partial charge in [0.25, 0.3) is 0 Å². The van der Waals surface area contributed by atoms with Crippen molar-refractivity contribution < 1.29 is 8.78 Å². The van der Waals surface area contributed by atoms with Crippen molar-refractivity contribution in [2.24, 2.45) is 5.73 Å². The number of halogens is 2. The SMILES string of the molecule is NC(=S)c1ccc(NCCc2ccsc2)c(F)c1F. The Balaban J connectivity index is 2.05. The molecule has 1 aromatic heterocycles. The molecule has 2 nitrogen and oxygen atoms in total. The second-order valence-electron chi connectivity index (χ2n) is 3.96. The molecule has 0 aliphatic carbocycles.